The van der Waals surface area contributed by atoms with Crippen LogP contribution < -0.4 is 15.4 Å². The zero-order chi connectivity index (χ0) is 20.2. The van der Waals surface area contributed by atoms with Crippen LogP contribution in [0.15, 0.2) is 12.1 Å². The van der Waals surface area contributed by atoms with E-state index >= 15 is 0 Å². The van der Waals surface area contributed by atoms with E-state index in [4.69, 9.17) is 4.74 Å². The minimum Gasteiger partial charge on any atom is -0.495 e. The molecule has 0 saturated heterocycles. The zero-order valence-electron chi connectivity index (χ0n) is 16.4. The molecule has 1 aliphatic carbocycles. The van der Waals surface area contributed by atoms with E-state index < -0.39 is 0 Å². The summed E-state index contributed by atoms with van der Waals surface area (Å²) in [6, 6.07) is 4.16. The highest BCUT2D eigenvalue weighted by Crippen LogP contribution is 2.46. The quantitative estimate of drug-likeness (QED) is 0.406. The fraction of sp³-hybridized carbons (Fsp3) is 0.476. The van der Waals surface area contributed by atoms with E-state index in [2.05, 4.69) is 88.7 Å². The molecule has 0 spiro atoms. The molecular formula is C21H24I2N2O2S. The number of thiophene rings is 1. The maximum atomic E-state index is 13.1. The maximum absolute atomic E-state index is 13.1. The van der Waals surface area contributed by atoms with Gasteiger partial charge in [-0.25, -0.2) is 0 Å². The summed E-state index contributed by atoms with van der Waals surface area (Å²) in [7, 11) is 1.68. The summed E-state index contributed by atoms with van der Waals surface area (Å²) >= 11 is 6.36. The molecule has 28 heavy (non-hydrogen) atoms. The number of benzene rings is 1. The third-order valence-electron chi connectivity index (χ3n) is 5.82. The van der Waals surface area contributed by atoms with Crippen molar-refractivity contribution in [2.45, 2.75) is 46.2 Å². The van der Waals surface area contributed by atoms with Gasteiger partial charge in [-0.05, 0) is 93.5 Å². The molecule has 7 heteroatoms. The Morgan fingerprint density at radius 3 is 2.64 bits per heavy atom. The summed E-state index contributed by atoms with van der Waals surface area (Å²) < 4.78 is 7.81. The molecule has 0 radical (unpaired) electrons. The van der Waals surface area contributed by atoms with E-state index in [0.29, 0.717) is 11.3 Å². The number of hydrogen-bond donors (Lipinski definition) is 2. The molecule has 0 saturated carbocycles. The van der Waals surface area contributed by atoms with Gasteiger partial charge in [0.2, 0.25) is 0 Å². The second-order valence-corrected chi connectivity index (χ2v) is 12.1. The highest BCUT2D eigenvalue weighted by Gasteiger charge is 2.37. The molecule has 1 amide bonds. The molecule has 1 aliphatic heterocycles. The van der Waals surface area contributed by atoms with Crippen molar-refractivity contribution in [3.8, 4) is 5.75 Å². The number of amides is 1. The third kappa shape index (κ3) is 3.66. The number of methoxy groups -OCH3 is 1. The number of fused-ring (bicyclic) bond motifs is 3. The Morgan fingerprint density at radius 1 is 1.21 bits per heavy atom. The number of ether oxygens (including phenoxy) is 1. The first kappa shape index (κ1) is 20.7. The van der Waals surface area contributed by atoms with Crippen LogP contribution in [0.2, 0.25) is 0 Å². The second kappa shape index (κ2) is 7.61. The summed E-state index contributed by atoms with van der Waals surface area (Å²) in [5, 5.41) is 7.75. The van der Waals surface area contributed by atoms with Crippen molar-refractivity contribution < 1.29 is 9.53 Å². The Hall–Kier alpha value is -0.550. The molecule has 4 rings (SSSR count). The number of hydrogen-bond acceptors (Lipinski definition) is 4. The lowest BCUT2D eigenvalue weighted by atomic mass is 9.72. The molecule has 4 nitrogen and oxygen atoms in total. The van der Waals surface area contributed by atoms with Gasteiger partial charge >= 0.3 is 0 Å². The van der Waals surface area contributed by atoms with Crippen LogP contribution in [-0.4, -0.2) is 13.0 Å². The highest BCUT2D eigenvalue weighted by molar-refractivity contribution is 14.1. The van der Waals surface area contributed by atoms with Crippen molar-refractivity contribution in [1.82, 2.24) is 5.32 Å². The van der Waals surface area contributed by atoms with Crippen LogP contribution in [0, 0.1) is 18.5 Å². The average Bonchev–Trinajstić information content (AvgIpc) is 2.98. The summed E-state index contributed by atoms with van der Waals surface area (Å²) in [6.45, 7) is 6.96. The van der Waals surface area contributed by atoms with Gasteiger partial charge in [-0.1, -0.05) is 20.8 Å². The maximum Gasteiger partial charge on any atom is 0.256 e. The normalized spacial score (nSPS) is 21.4. The average molecular weight is 622 g/mol. The predicted molar refractivity (Wildman–Crippen MR) is 132 cm³/mol. The Balaban J connectivity index is 1.70. The molecule has 0 unspecified atom stereocenters. The fourth-order valence-corrected chi connectivity index (χ4v) is 7.67. The van der Waals surface area contributed by atoms with Crippen LogP contribution in [0.25, 0.3) is 0 Å². The SMILES string of the molecule is COc1c(I)cc(I)cc1[C@H]1NC(=O)c2c(sc3c2CC[C@@H](C(C)(C)C)C3)N1. The van der Waals surface area contributed by atoms with Gasteiger partial charge in [0, 0.05) is 14.0 Å². The van der Waals surface area contributed by atoms with Gasteiger partial charge < -0.3 is 15.4 Å². The highest BCUT2D eigenvalue weighted by atomic mass is 127. The van der Waals surface area contributed by atoms with Crippen LogP contribution in [-0.2, 0) is 12.8 Å². The molecule has 1 aromatic carbocycles. The van der Waals surface area contributed by atoms with Crippen molar-refractivity contribution >= 4 is 67.4 Å². The Bertz CT molecular complexity index is 949. The molecule has 2 N–H and O–H groups in total. The van der Waals surface area contributed by atoms with Gasteiger partial charge in [0.15, 0.2) is 0 Å². The monoisotopic (exact) mass is 622 g/mol. The summed E-state index contributed by atoms with van der Waals surface area (Å²) in [5.41, 5.74) is 3.39. The number of carbonyl (C=O) groups excluding carboxylic acids is 1. The smallest absolute Gasteiger partial charge is 0.256 e. The lowest BCUT2D eigenvalue weighted by molar-refractivity contribution is 0.0934. The van der Waals surface area contributed by atoms with Crippen LogP contribution in [0.3, 0.4) is 0 Å². The minimum absolute atomic E-state index is 0.0291. The van der Waals surface area contributed by atoms with E-state index in [1.165, 1.54) is 10.4 Å². The second-order valence-electron chi connectivity index (χ2n) is 8.57. The minimum atomic E-state index is -0.281. The number of rotatable bonds is 2. The predicted octanol–water partition coefficient (Wildman–Crippen LogP) is 5.97. The van der Waals surface area contributed by atoms with Gasteiger partial charge in [0.05, 0.1) is 16.2 Å². The molecular weight excluding hydrogens is 598 g/mol. The van der Waals surface area contributed by atoms with E-state index in [9.17, 15) is 4.79 Å². The first-order chi connectivity index (χ1) is 13.2. The summed E-state index contributed by atoms with van der Waals surface area (Å²) in [4.78, 5) is 14.4. The van der Waals surface area contributed by atoms with Crippen LogP contribution >= 0.6 is 56.5 Å². The van der Waals surface area contributed by atoms with Crippen LogP contribution in [0.5, 0.6) is 5.75 Å². The number of halogens is 2. The Morgan fingerprint density at radius 2 is 1.96 bits per heavy atom. The summed E-state index contributed by atoms with van der Waals surface area (Å²) in [6.07, 6.45) is 2.93. The number of anilines is 1. The van der Waals surface area contributed by atoms with Crippen molar-refractivity contribution in [1.29, 1.82) is 0 Å². The summed E-state index contributed by atoms with van der Waals surface area (Å²) in [5.74, 6) is 1.51. The van der Waals surface area contributed by atoms with E-state index in [1.54, 1.807) is 18.4 Å². The number of carbonyl (C=O) groups is 1. The van der Waals surface area contributed by atoms with Crippen molar-refractivity contribution in [2.75, 3.05) is 12.4 Å². The molecule has 2 aliphatic rings. The van der Waals surface area contributed by atoms with Gasteiger partial charge in [-0.2, -0.15) is 0 Å². The van der Waals surface area contributed by atoms with E-state index in [0.717, 1.165) is 48.3 Å². The van der Waals surface area contributed by atoms with E-state index in [-0.39, 0.29) is 12.1 Å². The van der Waals surface area contributed by atoms with Crippen molar-refractivity contribution in [3.05, 3.63) is 40.8 Å². The van der Waals surface area contributed by atoms with Gasteiger partial charge in [0.25, 0.3) is 5.91 Å². The molecule has 150 valence electrons. The molecule has 2 heterocycles. The first-order valence-electron chi connectivity index (χ1n) is 9.44. The molecule has 2 atom stereocenters. The molecule has 0 bridgehead atoms. The largest absolute Gasteiger partial charge is 0.495 e. The van der Waals surface area contributed by atoms with Crippen LogP contribution in [0.1, 0.15) is 59.7 Å². The topological polar surface area (TPSA) is 50.4 Å². The van der Waals surface area contributed by atoms with Gasteiger partial charge in [0.1, 0.15) is 16.9 Å². The van der Waals surface area contributed by atoms with Crippen LogP contribution in [0.4, 0.5) is 5.00 Å². The van der Waals surface area contributed by atoms with Gasteiger partial charge in [-0.3, -0.25) is 4.79 Å². The molecule has 0 fully saturated rings. The molecule has 2 aromatic rings. The molecule has 1 aromatic heterocycles. The Kier molecular flexibility index (Phi) is 5.63. The number of nitrogens with one attached hydrogen (secondary N) is 2. The first-order valence-corrected chi connectivity index (χ1v) is 12.4. The van der Waals surface area contributed by atoms with Gasteiger partial charge in [-0.15, -0.1) is 11.3 Å². The standard InChI is InChI=1S/C21H24I2N2O2S/c1-21(2,3)10-5-6-12-15(7-10)28-20-16(12)19(26)24-18(25-20)13-8-11(22)9-14(23)17(13)27-4/h8-10,18,25H,5-7H2,1-4H3,(H,24,26)/t10-,18+/m1/s1. The van der Waals surface area contributed by atoms with E-state index in [1.807, 2.05) is 0 Å². The van der Waals surface area contributed by atoms with Crippen molar-refractivity contribution in [3.63, 3.8) is 0 Å². The fourth-order valence-electron chi connectivity index (χ4n) is 4.20. The third-order valence-corrected chi connectivity index (χ3v) is 8.43. The Labute approximate surface area is 197 Å². The zero-order valence-corrected chi connectivity index (χ0v) is 21.5. The lowest BCUT2D eigenvalue weighted by Gasteiger charge is -2.34. The van der Waals surface area contributed by atoms with Crippen molar-refractivity contribution in [2.24, 2.45) is 11.3 Å². The lowest BCUT2D eigenvalue weighted by Crippen LogP contribution is -2.38.